The van der Waals surface area contributed by atoms with Crippen molar-refractivity contribution >= 4 is 15.9 Å². The summed E-state index contributed by atoms with van der Waals surface area (Å²) < 4.78 is 8.70. The van der Waals surface area contributed by atoms with Crippen LogP contribution in [-0.2, 0) is 6.61 Å². The number of benzene rings is 1. The third kappa shape index (κ3) is 3.35. The van der Waals surface area contributed by atoms with Gasteiger partial charge < -0.3 is 4.74 Å². The van der Waals surface area contributed by atoms with Crippen molar-refractivity contribution in [1.29, 1.82) is 0 Å². The maximum absolute atomic E-state index is 5.69. The molecule has 0 aliphatic carbocycles. The molecule has 0 amide bonds. The molecule has 3 nitrogen and oxygen atoms in total. The van der Waals surface area contributed by atoms with Gasteiger partial charge in [0.25, 0.3) is 0 Å². The Balaban J connectivity index is 1.96. The number of hydrogen-bond acceptors (Lipinski definition) is 2. The molecule has 0 fully saturated rings. The van der Waals surface area contributed by atoms with Gasteiger partial charge in [0.05, 0.1) is 5.69 Å². The largest absolute Gasteiger partial charge is 0.487 e. The molecule has 1 atom stereocenters. The van der Waals surface area contributed by atoms with Crippen LogP contribution in [0.15, 0.2) is 41.0 Å². The molecular formula is C14H17BrN2O. The molecule has 1 unspecified atom stereocenters. The lowest BCUT2D eigenvalue weighted by atomic mass is 10.3. The SMILES string of the molecule is CCC(C)n1ccc(COc2cccc(Br)c2)n1. The highest BCUT2D eigenvalue weighted by atomic mass is 79.9. The number of ether oxygens (including phenoxy) is 1. The van der Waals surface area contributed by atoms with E-state index in [1.54, 1.807) is 0 Å². The summed E-state index contributed by atoms with van der Waals surface area (Å²) in [6.07, 6.45) is 3.08. The zero-order valence-electron chi connectivity index (χ0n) is 10.6. The molecule has 0 bridgehead atoms. The second-order valence-corrected chi connectivity index (χ2v) is 5.21. The van der Waals surface area contributed by atoms with Gasteiger partial charge in [0, 0.05) is 16.7 Å². The average molecular weight is 309 g/mol. The minimum absolute atomic E-state index is 0.435. The van der Waals surface area contributed by atoms with Gasteiger partial charge in [-0.1, -0.05) is 28.9 Å². The predicted octanol–water partition coefficient (Wildman–Crippen LogP) is 4.20. The van der Waals surface area contributed by atoms with Crippen molar-refractivity contribution in [2.24, 2.45) is 0 Å². The smallest absolute Gasteiger partial charge is 0.132 e. The Bertz CT molecular complexity index is 510. The van der Waals surface area contributed by atoms with Gasteiger partial charge in [-0.15, -0.1) is 0 Å². The molecule has 2 aromatic rings. The first kappa shape index (κ1) is 13.1. The van der Waals surface area contributed by atoms with E-state index in [2.05, 4.69) is 34.9 Å². The fourth-order valence-electron chi connectivity index (χ4n) is 1.60. The second-order valence-electron chi connectivity index (χ2n) is 4.29. The van der Waals surface area contributed by atoms with Gasteiger partial charge in [-0.3, -0.25) is 4.68 Å². The topological polar surface area (TPSA) is 27.1 Å². The molecule has 0 radical (unpaired) electrons. The Hall–Kier alpha value is -1.29. The van der Waals surface area contributed by atoms with Crippen molar-refractivity contribution in [1.82, 2.24) is 9.78 Å². The highest BCUT2D eigenvalue weighted by Gasteiger charge is 2.05. The average Bonchev–Trinajstić information content (AvgIpc) is 2.84. The quantitative estimate of drug-likeness (QED) is 0.828. The van der Waals surface area contributed by atoms with E-state index < -0.39 is 0 Å². The van der Waals surface area contributed by atoms with Crippen LogP contribution in [0.1, 0.15) is 32.0 Å². The van der Waals surface area contributed by atoms with Gasteiger partial charge in [-0.2, -0.15) is 5.10 Å². The summed E-state index contributed by atoms with van der Waals surface area (Å²) in [6.45, 7) is 4.82. The number of hydrogen-bond donors (Lipinski definition) is 0. The zero-order valence-corrected chi connectivity index (χ0v) is 12.2. The molecule has 0 saturated carbocycles. The Morgan fingerprint density at radius 1 is 1.39 bits per heavy atom. The molecule has 0 N–H and O–H groups in total. The fourth-order valence-corrected chi connectivity index (χ4v) is 1.98. The maximum Gasteiger partial charge on any atom is 0.132 e. The molecule has 0 aliphatic rings. The molecule has 1 aromatic carbocycles. The van der Waals surface area contributed by atoms with E-state index in [1.807, 2.05) is 41.2 Å². The van der Waals surface area contributed by atoms with E-state index in [0.29, 0.717) is 12.6 Å². The predicted molar refractivity (Wildman–Crippen MR) is 75.7 cm³/mol. The highest BCUT2D eigenvalue weighted by Crippen LogP contribution is 2.19. The standard InChI is InChI=1S/C14H17BrN2O/c1-3-11(2)17-8-7-13(16-17)10-18-14-6-4-5-12(15)9-14/h4-9,11H,3,10H2,1-2H3. The molecule has 0 aliphatic heterocycles. The van der Waals surface area contributed by atoms with Gasteiger partial charge >= 0.3 is 0 Å². The van der Waals surface area contributed by atoms with Crippen LogP contribution in [0.2, 0.25) is 0 Å². The van der Waals surface area contributed by atoms with Gasteiger partial charge in [-0.25, -0.2) is 0 Å². The third-order valence-electron chi connectivity index (χ3n) is 2.89. The third-order valence-corrected chi connectivity index (χ3v) is 3.38. The summed E-state index contributed by atoms with van der Waals surface area (Å²) in [4.78, 5) is 0. The molecule has 1 heterocycles. The molecular weight excluding hydrogens is 292 g/mol. The molecule has 0 spiro atoms. The Kier molecular flexibility index (Phi) is 4.42. The first-order valence-electron chi connectivity index (χ1n) is 6.11. The summed E-state index contributed by atoms with van der Waals surface area (Å²) in [5.74, 6) is 0.850. The first-order chi connectivity index (χ1) is 8.69. The van der Waals surface area contributed by atoms with Crippen molar-refractivity contribution in [2.75, 3.05) is 0 Å². The molecule has 96 valence electrons. The van der Waals surface area contributed by atoms with E-state index >= 15 is 0 Å². The van der Waals surface area contributed by atoms with Crippen LogP contribution in [0, 0.1) is 0 Å². The van der Waals surface area contributed by atoms with Gasteiger partial charge in [-0.05, 0) is 37.6 Å². The number of halogens is 1. The van der Waals surface area contributed by atoms with Crippen LogP contribution in [0.4, 0.5) is 0 Å². The zero-order chi connectivity index (χ0) is 13.0. The van der Waals surface area contributed by atoms with Crippen LogP contribution in [-0.4, -0.2) is 9.78 Å². The monoisotopic (exact) mass is 308 g/mol. The Labute approximate surface area is 116 Å². The molecule has 4 heteroatoms. The lowest BCUT2D eigenvalue weighted by Gasteiger charge is -2.08. The van der Waals surface area contributed by atoms with Crippen molar-refractivity contribution in [3.63, 3.8) is 0 Å². The lowest BCUT2D eigenvalue weighted by Crippen LogP contribution is -2.05. The summed E-state index contributed by atoms with van der Waals surface area (Å²) in [5, 5.41) is 4.50. The van der Waals surface area contributed by atoms with Crippen LogP contribution in [0.5, 0.6) is 5.75 Å². The van der Waals surface area contributed by atoms with E-state index in [4.69, 9.17) is 4.74 Å². The van der Waals surface area contributed by atoms with Gasteiger partial charge in [0.1, 0.15) is 12.4 Å². The first-order valence-corrected chi connectivity index (χ1v) is 6.90. The van der Waals surface area contributed by atoms with E-state index in [0.717, 1.165) is 22.3 Å². The number of rotatable bonds is 5. The summed E-state index contributed by atoms with van der Waals surface area (Å²) in [5.41, 5.74) is 0.954. The Morgan fingerprint density at radius 3 is 2.94 bits per heavy atom. The summed E-state index contributed by atoms with van der Waals surface area (Å²) in [6, 6.07) is 10.3. The minimum atomic E-state index is 0.435. The Morgan fingerprint density at radius 2 is 2.22 bits per heavy atom. The summed E-state index contributed by atoms with van der Waals surface area (Å²) in [7, 11) is 0. The molecule has 1 aromatic heterocycles. The molecule has 2 rings (SSSR count). The van der Waals surface area contributed by atoms with Crippen molar-refractivity contribution in [2.45, 2.75) is 32.9 Å². The van der Waals surface area contributed by atoms with E-state index in [1.165, 1.54) is 0 Å². The number of aromatic nitrogens is 2. The minimum Gasteiger partial charge on any atom is -0.487 e. The van der Waals surface area contributed by atoms with E-state index in [-0.39, 0.29) is 0 Å². The second kappa shape index (κ2) is 6.05. The highest BCUT2D eigenvalue weighted by molar-refractivity contribution is 9.10. The van der Waals surface area contributed by atoms with Gasteiger partial charge in [0.15, 0.2) is 0 Å². The van der Waals surface area contributed by atoms with Crippen LogP contribution in [0.3, 0.4) is 0 Å². The fraction of sp³-hybridized carbons (Fsp3) is 0.357. The van der Waals surface area contributed by atoms with Crippen molar-refractivity contribution in [3.8, 4) is 5.75 Å². The normalized spacial score (nSPS) is 12.4. The van der Waals surface area contributed by atoms with Crippen molar-refractivity contribution < 1.29 is 4.74 Å². The number of nitrogens with zero attached hydrogens (tertiary/aromatic N) is 2. The molecule has 0 saturated heterocycles. The van der Waals surface area contributed by atoms with Crippen LogP contribution in [0.25, 0.3) is 0 Å². The van der Waals surface area contributed by atoms with Crippen molar-refractivity contribution in [3.05, 3.63) is 46.7 Å². The summed E-state index contributed by atoms with van der Waals surface area (Å²) >= 11 is 3.42. The van der Waals surface area contributed by atoms with E-state index in [9.17, 15) is 0 Å². The maximum atomic E-state index is 5.69. The van der Waals surface area contributed by atoms with Gasteiger partial charge in [0.2, 0.25) is 0 Å². The lowest BCUT2D eigenvalue weighted by molar-refractivity contribution is 0.298. The van der Waals surface area contributed by atoms with Crippen LogP contribution < -0.4 is 4.74 Å². The van der Waals surface area contributed by atoms with Crippen LogP contribution >= 0.6 is 15.9 Å². The molecule has 18 heavy (non-hydrogen) atoms.